The Morgan fingerprint density at radius 3 is 2.42 bits per heavy atom. The first-order chi connectivity index (χ1) is 18.4. The minimum absolute atomic E-state index is 0.0143. The van der Waals surface area contributed by atoms with Crippen molar-refractivity contribution in [2.24, 2.45) is 0 Å². The largest absolute Gasteiger partial charge is 0.507 e. The molecule has 6 nitrogen and oxygen atoms in total. The van der Waals surface area contributed by atoms with Crippen LogP contribution in [-0.4, -0.2) is 35.4 Å². The maximum absolute atomic E-state index is 13.5. The van der Waals surface area contributed by atoms with E-state index in [9.17, 15) is 19.1 Å². The second-order valence-electron chi connectivity index (χ2n) is 9.59. The molecule has 3 aromatic carbocycles. The highest BCUT2D eigenvalue weighted by Crippen LogP contribution is 2.43. The minimum Gasteiger partial charge on any atom is -0.507 e. The zero-order valence-electron chi connectivity index (χ0n) is 21.5. The van der Waals surface area contributed by atoms with E-state index in [2.05, 4.69) is 0 Å². The van der Waals surface area contributed by atoms with Crippen LogP contribution in [0.1, 0.15) is 53.6 Å². The Labute approximate surface area is 221 Å². The fourth-order valence-corrected chi connectivity index (χ4v) is 5.34. The lowest BCUT2D eigenvalue weighted by Gasteiger charge is -2.26. The molecule has 5 rings (SSSR count). The third-order valence-corrected chi connectivity index (χ3v) is 7.23. The van der Waals surface area contributed by atoms with Crippen LogP contribution in [0.4, 0.5) is 4.39 Å². The number of nitrogens with zero attached hydrogens (tertiary/aromatic N) is 1. The summed E-state index contributed by atoms with van der Waals surface area (Å²) in [7, 11) is 1.54. The molecule has 0 spiro atoms. The molecule has 2 aliphatic rings. The molecule has 1 saturated heterocycles. The van der Waals surface area contributed by atoms with Gasteiger partial charge in [-0.15, -0.1) is 0 Å². The molecular formula is C31H30FNO5. The van der Waals surface area contributed by atoms with Gasteiger partial charge in [0.05, 0.1) is 25.3 Å². The van der Waals surface area contributed by atoms with Crippen molar-refractivity contribution < 1.29 is 28.6 Å². The van der Waals surface area contributed by atoms with Gasteiger partial charge in [0.15, 0.2) is 11.5 Å². The molecule has 0 radical (unpaired) electrons. The highest BCUT2D eigenvalue weighted by molar-refractivity contribution is 6.46. The normalized spacial score (nSPS) is 18.4. The highest BCUT2D eigenvalue weighted by atomic mass is 19.1. The third kappa shape index (κ3) is 4.76. The van der Waals surface area contributed by atoms with Gasteiger partial charge in [0.25, 0.3) is 11.7 Å². The average Bonchev–Trinajstić information content (AvgIpc) is 3.18. The predicted octanol–water partition coefficient (Wildman–Crippen LogP) is 5.73. The van der Waals surface area contributed by atoms with E-state index in [-0.39, 0.29) is 17.9 Å². The molecule has 1 atom stereocenters. The number of hydrogen-bond donors (Lipinski definition) is 1. The number of ketones is 1. The van der Waals surface area contributed by atoms with Crippen molar-refractivity contribution in [3.8, 4) is 11.5 Å². The molecule has 0 saturated carbocycles. The molecular weight excluding hydrogens is 485 g/mol. The van der Waals surface area contributed by atoms with Crippen molar-refractivity contribution in [3.63, 3.8) is 0 Å². The Morgan fingerprint density at radius 1 is 0.974 bits per heavy atom. The highest BCUT2D eigenvalue weighted by Gasteiger charge is 2.46. The predicted molar refractivity (Wildman–Crippen MR) is 141 cm³/mol. The van der Waals surface area contributed by atoms with Gasteiger partial charge in [0.1, 0.15) is 11.6 Å². The van der Waals surface area contributed by atoms with Crippen molar-refractivity contribution in [1.82, 2.24) is 4.90 Å². The van der Waals surface area contributed by atoms with Gasteiger partial charge in [-0.2, -0.15) is 0 Å². The number of carbonyl (C=O) groups is 2. The number of carbonyl (C=O) groups excluding carboxylic acids is 2. The average molecular weight is 516 g/mol. The fourth-order valence-electron chi connectivity index (χ4n) is 5.34. The molecule has 1 unspecified atom stereocenters. The fraction of sp³-hybridized carbons (Fsp3) is 0.290. The molecule has 1 fully saturated rings. The van der Waals surface area contributed by atoms with Crippen LogP contribution in [0.2, 0.25) is 0 Å². The number of fused-ring (bicyclic) bond motifs is 1. The lowest BCUT2D eigenvalue weighted by molar-refractivity contribution is -0.140. The topological polar surface area (TPSA) is 76.1 Å². The molecule has 1 amide bonds. The number of halogens is 1. The Kier molecular flexibility index (Phi) is 7.18. The first kappa shape index (κ1) is 25.5. The van der Waals surface area contributed by atoms with Crippen molar-refractivity contribution in [2.75, 3.05) is 13.7 Å². The van der Waals surface area contributed by atoms with Crippen LogP contribution < -0.4 is 9.47 Å². The van der Waals surface area contributed by atoms with E-state index in [1.165, 1.54) is 29.7 Å². The summed E-state index contributed by atoms with van der Waals surface area (Å²) in [5, 5.41) is 11.5. The lowest BCUT2D eigenvalue weighted by atomic mass is 9.88. The molecule has 1 aliphatic heterocycles. The molecule has 38 heavy (non-hydrogen) atoms. The number of Topliss-reactive ketones (excluding diaryl/α,β-unsaturated/α-hetero) is 1. The molecule has 7 heteroatoms. The number of aliphatic hydroxyl groups is 1. The zero-order valence-corrected chi connectivity index (χ0v) is 21.5. The molecule has 3 aromatic rings. The summed E-state index contributed by atoms with van der Waals surface area (Å²) in [5.74, 6) is -1.11. The Balaban J connectivity index is 1.65. The standard InChI is InChI=1S/C31H30FNO5/c1-3-38-26-17-22(12-15-25(26)37-2)28-27(29(34)23-11-10-20-6-4-5-7-21(20)16-23)30(35)31(36)33(28)18-19-8-13-24(32)14-9-19/h8-17,28,34H,3-7,18H2,1-2H3/b29-27+. The summed E-state index contributed by atoms with van der Waals surface area (Å²) < 4.78 is 24.7. The van der Waals surface area contributed by atoms with Crippen molar-refractivity contribution >= 4 is 17.4 Å². The van der Waals surface area contributed by atoms with Gasteiger partial charge in [-0.1, -0.05) is 30.3 Å². The molecule has 0 aromatic heterocycles. The molecule has 196 valence electrons. The summed E-state index contributed by atoms with van der Waals surface area (Å²) >= 11 is 0. The van der Waals surface area contributed by atoms with Crippen LogP contribution in [0.15, 0.2) is 66.2 Å². The third-order valence-electron chi connectivity index (χ3n) is 7.23. The minimum atomic E-state index is -0.874. The van der Waals surface area contributed by atoms with Crippen LogP contribution in [0.25, 0.3) is 5.76 Å². The number of amides is 1. The van der Waals surface area contributed by atoms with E-state index in [1.54, 1.807) is 30.3 Å². The van der Waals surface area contributed by atoms with Gasteiger partial charge in [0.2, 0.25) is 0 Å². The Bertz CT molecular complexity index is 1410. The number of likely N-dealkylation sites (tertiary alicyclic amines) is 1. The first-order valence-electron chi connectivity index (χ1n) is 12.9. The van der Waals surface area contributed by atoms with E-state index < -0.39 is 23.5 Å². The zero-order chi connectivity index (χ0) is 26.8. The van der Waals surface area contributed by atoms with Gasteiger partial charge in [-0.25, -0.2) is 4.39 Å². The smallest absolute Gasteiger partial charge is 0.295 e. The Hall–Kier alpha value is -4.13. The number of benzene rings is 3. The summed E-state index contributed by atoms with van der Waals surface area (Å²) in [6.07, 6.45) is 4.11. The van der Waals surface area contributed by atoms with Crippen LogP contribution in [-0.2, 0) is 29.0 Å². The van der Waals surface area contributed by atoms with Gasteiger partial charge in [-0.05, 0) is 85.2 Å². The number of aryl methyl sites for hydroxylation is 2. The second-order valence-corrected chi connectivity index (χ2v) is 9.59. The summed E-state index contributed by atoms with van der Waals surface area (Å²) in [6.45, 7) is 2.31. The van der Waals surface area contributed by atoms with Gasteiger partial charge in [0, 0.05) is 12.1 Å². The van der Waals surface area contributed by atoms with Gasteiger partial charge < -0.3 is 19.5 Å². The molecule has 1 aliphatic carbocycles. The number of hydrogen-bond acceptors (Lipinski definition) is 5. The van der Waals surface area contributed by atoms with E-state index >= 15 is 0 Å². The quantitative estimate of drug-likeness (QED) is 0.247. The maximum Gasteiger partial charge on any atom is 0.295 e. The van der Waals surface area contributed by atoms with E-state index in [4.69, 9.17) is 9.47 Å². The molecule has 1 N–H and O–H groups in total. The number of rotatable bonds is 7. The summed E-state index contributed by atoms with van der Waals surface area (Å²) in [6, 6.07) is 15.9. The monoisotopic (exact) mass is 515 g/mol. The second kappa shape index (κ2) is 10.7. The molecule has 0 bridgehead atoms. The summed E-state index contributed by atoms with van der Waals surface area (Å²) in [5.41, 5.74) is 4.17. The van der Waals surface area contributed by atoms with Crippen LogP contribution in [0, 0.1) is 5.82 Å². The van der Waals surface area contributed by atoms with Crippen molar-refractivity contribution in [2.45, 2.75) is 45.2 Å². The van der Waals surface area contributed by atoms with Crippen molar-refractivity contribution in [1.29, 1.82) is 0 Å². The van der Waals surface area contributed by atoms with Crippen molar-refractivity contribution in [3.05, 3.63) is 99.9 Å². The van der Waals surface area contributed by atoms with Crippen LogP contribution >= 0.6 is 0 Å². The number of aliphatic hydroxyl groups excluding tert-OH is 1. The SMILES string of the molecule is CCOc1cc(C2/C(=C(\O)c3ccc4c(c3)CCCC4)C(=O)C(=O)N2Cc2ccc(F)cc2)ccc1OC. The van der Waals surface area contributed by atoms with E-state index in [0.717, 1.165) is 31.2 Å². The Morgan fingerprint density at radius 2 is 1.71 bits per heavy atom. The van der Waals surface area contributed by atoms with Gasteiger partial charge >= 0.3 is 0 Å². The van der Waals surface area contributed by atoms with E-state index in [0.29, 0.717) is 34.8 Å². The first-order valence-corrected chi connectivity index (χ1v) is 12.9. The lowest BCUT2D eigenvalue weighted by Crippen LogP contribution is -2.29. The number of ether oxygens (including phenoxy) is 2. The van der Waals surface area contributed by atoms with Crippen LogP contribution in [0.5, 0.6) is 11.5 Å². The van der Waals surface area contributed by atoms with Gasteiger partial charge in [-0.3, -0.25) is 9.59 Å². The maximum atomic E-state index is 13.5. The summed E-state index contributed by atoms with van der Waals surface area (Å²) in [4.78, 5) is 28.2. The van der Waals surface area contributed by atoms with Crippen LogP contribution in [0.3, 0.4) is 0 Å². The molecule has 1 heterocycles. The number of methoxy groups -OCH3 is 1. The van der Waals surface area contributed by atoms with E-state index in [1.807, 2.05) is 25.1 Å².